The minimum Gasteiger partial charge on any atom is -0.307 e. The van der Waals surface area contributed by atoms with E-state index < -0.39 is 11.7 Å². The monoisotopic (exact) mass is 405 g/mol. The lowest BCUT2D eigenvalue weighted by atomic mass is 9.97. The molecule has 112 valence electrons. The van der Waals surface area contributed by atoms with Gasteiger partial charge in [-0.2, -0.15) is 13.2 Å². The summed E-state index contributed by atoms with van der Waals surface area (Å²) in [7, 11) is 0. The highest BCUT2D eigenvalue weighted by atomic mass is 127. The maximum atomic E-state index is 12.9. The van der Waals surface area contributed by atoms with Gasteiger partial charge in [0.05, 0.1) is 11.6 Å². The molecule has 0 amide bonds. The molecule has 0 spiro atoms. The Morgan fingerprint density at radius 3 is 2.24 bits per heavy atom. The van der Waals surface area contributed by atoms with Crippen LogP contribution >= 0.6 is 22.6 Å². The molecule has 2 aromatic rings. The lowest BCUT2D eigenvalue weighted by Gasteiger charge is -2.20. The molecular formula is C16H15F3IN. The zero-order valence-corrected chi connectivity index (χ0v) is 13.6. The summed E-state index contributed by atoms with van der Waals surface area (Å²) in [4.78, 5) is 0. The van der Waals surface area contributed by atoms with E-state index in [0.717, 1.165) is 15.2 Å². The molecule has 0 aromatic heterocycles. The van der Waals surface area contributed by atoms with Gasteiger partial charge in [-0.3, -0.25) is 0 Å². The molecule has 0 bridgehead atoms. The van der Waals surface area contributed by atoms with Crippen LogP contribution in [0.15, 0.2) is 48.5 Å². The highest BCUT2D eigenvalue weighted by Gasteiger charge is 2.31. The Morgan fingerprint density at radius 2 is 1.67 bits per heavy atom. The van der Waals surface area contributed by atoms with Crippen LogP contribution in [0.4, 0.5) is 13.2 Å². The summed E-state index contributed by atoms with van der Waals surface area (Å²) in [6.45, 7) is 2.61. The standard InChI is InChI=1S/C16H15F3IN/c1-2-21-15(12-6-4-8-14(20)10-12)11-5-3-7-13(9-11)16(17,18)19/h3-10,15,21H,2H2,1H3. The van der Waals surface area contributed by atoms with E-state index in [0.29, 0.717) is 12.1 Å². The second-order valence-corrected chi connectivity index (χ2v) is 5.91. The smallest absolute Gasteiger partial charge is 0.307 e. The van der Waals surface area contributed by atoms with E-state index in [2.05, 4.69) is 27.9 Å². The van der Waals surface area contributed by atoms with E-state index in [1.807, 2.05) is 31.2 Å². The summed E-state index contributed by atoms with van der Waals surface area (Å²) >= 11 is 2.20. The maximum Gasteiger partial charge on any atom is 0.416 e. The van der Waals surface area contributed by atoms with Gasteiger partial charge in [-0.25, -0.2) is 0 Å². The first kappa shape index (κ1) is 16.3. The summed E-state index contributed by atoms with van der Waals surface area (Å²) in [5.41, 5.74) is 0.963. The molecule has 0 aliphatic heterocycles. The van der Waals surface area contributed by atoms with E-state index in [1.165, 1.54) is 12.1 Å². The van der Waals surface area contributed by atoms with Gasteiger partial charge in [0, 0.05) is 3.57 Å². The minimum atomic E-state index is -4.32. The fraction of sp³-hybridized carbons (Fsp3) is 0.250. The van der Waals surface area contributed by atoms with Crippen LogP contribution in [-0.4, -0.2) is 6.54 Å². The summed E-state index contributed by atoms with van der Waals surface area (Å²) in [6.07, 6.45) is -4.32. The number of hydrogen-bond acceptors (Lipinski definition) is 1. The third kappa shape index (κ3) is 4.20. The molecule has 1 atom stereocenters. The zero-order chi connectivity index (χ0) is 15.5. The van der Waals surface area contributed by atoms with Gasteiger partial charge in [-0.15, -0.1) is 0 Å². The molecule has 1 unspecified atom stereocenters. The van der Waals surface area contributed by atoms with Crippen molar-refractivity contribution in [1.29, 1.82) is 0 Å². The van der Waals surface area contributed by atoms with Crippen LogP contribution in [0.5, 0.6) is 0 Å². The topological polar surface area (TPSA) is 12.0 Å². The Balaban J connectivity index is 2.43. The molecule has 1 N–H and O–H groups in total. The molecule has 0 aliphatic carbocycles. The number of nitrogens with one attached hydrogen (secondary N) is 1. The summed E-state index contributed by atoms with van der Waals surface area (Å²) < 4.78 is 39.6. The molecule has 0 radical (unpaired) electrons. The molecule has 0 saturated carbocycles. The molecule has 5 heteroatoms. The van der Waals surface area contributed by atoms with Crippen LogP contribution < -0.4 is 5.32 Å². The lowest BCUT2D eigenvalue weighted by molar-refractivity contribution is -0.137. The van der Waals surface area contributed by atoms with Gasteiger partial charge in [-0.1, -0.05) is 31.2 Å². The normalized spacial score (nSPS) is 13.2. The van der Waals surface area contributed by atoms with Crippen LogP contribution in [0.25, 0.3) is 0 Å². The minimum absolute atomic E-state index is 0.244. The van der Waals surface area contributed by atoms with Crippen molar-refractivity contribution in [2.45, 2.75) is 19.1 Å². The van der Waals surface area contributed by atoms with Gasteiger partial charge < -0.3 is 5.32 Å². The molecule has 21 heavy (non-hydrogen) atoms. The Bertz CT molecular complexity index is 610. The van der Waals surface area contributed by atoms with Crippen molar-refractivity contribution in [2.24, 2.45) is 0 Å². The quantitative estimate of drug-likeness (QED) is 0.706. The number of alkyl halides is 3. The van der Waals surface area contributed by atoms with Crippen molar-refractivity contribution in [3.63, 3.8) is 0 Å². The van der Waals surface area contributed by atoms with E-state index in [1.54, 1.807) is 6.07 Å². The van der Waals surface area contributed by atoms with Crippen LogP contribution in [0.3, 0.4) is 0 Å². The van der Waals surface area contributed by atoms with E-state index in [9.17, 15) is 13.2 Å². The largest absolute Gasteiger partial charge is 0.416 e. The summed E-state index contributed by atoms with van der Waals surface area (Å²) in [5.74, 6) is 0. The highest BCUT2D eigenvalue weighted by Crippen LogP contribution is 2.32. The van der Waals surface area contributed by atoms with E-state index in [4.69, 9.17) is 0 Å². The maximum absolute atomic E-state index is 12.9. The lowest BCUT2D eigenvalue weighted by Crippen LogP contribution is -2.22. The molecule has 0 heterocycles. The van der Waals surface area contributed by atoms with Crippen molar-refractivity contribution in [3.8, 4) is 0 Å². The SMILES string of the molecule is CCNC(c1cccc(I)c1)c1cccc(C(F)(F)F)c1. The van der Waals surface area contributed by atoms with E-state index in [-0.39, 0.29) is 6.04 Å². The first-order valence-electron chi connectivity index (χ1n) is 6.58. The average molecular weight is 405 g/mol. The second-order valence-electron chi connectivity index (χ2n) is 4.67. The number of hydrogen-bond donors (Lipinski definition) is 1. The molecule has 1 nitrogen and oxygen atoms in total. The van der Waals surface area contributed by atoms with Crippen molar-refractivity contribution in [3.05, 3.63) is 68.8 Å². The molecule has 2 aromatic carbocycles. The van der Waals surface area contributed by atoms with Crippen LogP contribution in [0.1, 0.15) is 29.7 Å². The molecule has 2 rings (SSSR count). The first-order chi connectivity index (χ1) is 9.91. The van der Waals surface area contributed by atoms with Gasteiger partial charge >= 0.3 is 6.18 Å². The van der Waals surface area contributed by atoms with Gasteiger partial charge in [0.25, 0.3) is 0 Å². The predicted molar refractivity (Wildman–Crippen MR) is 86.1 cm³/mol. The van der Waals surface area contributed by atoms with Crippen LogP contribution in [0, 0.1) is 3.57 Å². The molecular weight excluding hydrogens is 390 g/mol. The Hall–Kier alpha value is -1.08. The number of rotatable bonds is 4. The Labute approximate surface area is 135 Å². The first-order valence-corrected chi connectivity index (χ1v) is 7.65. The third-order valence-electron chi connectivity index (χ3n) is 3.14. The fourth-order valence-electron chi connectivity index (χ4n) is 2.21. The third-order valence-corrected chi connectivity index (χ3v) is 3.81. The van der Waals surface area contributed by atoms with Crippen molar-refractivity contribution >= 4 is 22.6 Å². The predicted octanol–water partition coefficient (Wildman–Crippen LogP) is 5.01. The molecule has 0 saturated heterocycles. The fourth-order valence-corrected chi connectivity index (χ4v) is 2.78. The van der Waals surface area contributed by atoms with Crippen molar-refractivity contribution in [2.75, 3.05) is 6.54 Å². The van der Waals surface area contributed by atoms with Gasteiger partial charge in [-0.05, 0) is 64.5 Å². The second kappa shape index (κ2) is 6.79. The summed E-state index contributed by atoms with van der Waals surface area (Å²) in [5, 5.41) is 3.25. The van der Waals surface area contributed by atoms with Crippen molar-refractivity contribution < 1.29 is 13.2 Å². The van der Waals surface area contributed by atoms with Crippen LogP contribution in [-0.2, 0) is 6.18 Å². The summed E-state index contributed by atoms with van der Waals surface area (Å²) in [6, 6.07) is 13.0. The Kier molecular flexibility index (Phi) is 5.27. The zero-order valence-electron chi connectivity index (χ0n) is 11.4. The van der Waals surface area contributed by atoms with E-state index >= 15 is 0 Å². The molecule has 0 fully saturated rings. The van der Waals surface area contributed by atoms with Gasteiger partial charge in [0.2, 0.25) is 0 Å². The van der Waals surface area contributed by atoms with Crippen LogP contribution in [0.2, 0.25) is 0 Å². The van der Waals surface area contributed by atoms with Gasteiger partial charge in [0.1, 0.15) is 0 Å². The number of halogens is 4. The average Bonchev–Trinajstić information content (AvgIpc) is 2.44. The highest BCUT2D eigenvalue weighted by molar-refractivity contribution is 14.1. The van der Waals surface area contributed by atoms with Gasteiger partial charge in [0.15, 0.2) is 0 Å². The number of benzene rings is 2. The van der Waals surface area contributed by atoms with Crippen molar-refractivity contribution in [1.82, 2.24) is 5.32 Å². The molecule has 0 aliphatic rings. The Morgan fingerprint density at radius 1 is 1.05 bits per heavy atom.